The topological polar surface area (TPSA) is 67.6 Å². The largest absolute Gasteiger partial charge is 0.366 e. The second kappa shape index (κ2) is 3.90. The molecule has 0 spiro atoms. The predicted octanol–water partition coefficient (Wildman–Crippen LogP) is 2.38. The first-order valence-electron chi connectivity index (χ1n) is 5.63. The minimum atomic E-state index is 0.318. The summed E-state index contributed by atoms with van der Waals surface area (Å²) in [5.41, 5.74) is 7.01. The van der Waals surface area contributed by atoms with Gasteiger partial charge >= 0.3 is 0 Å². The van der Waals surface area contributed by atoms with Crippen LogP contribution in [0.2, 0.25) is 0 Å². The predicted molar refractivity (Wildman–Crippen MR) is 65.4 cm³/mol. The normalized spacial score (nSPS) is 15.8. The lowest BCUT2D eigenvalue weighted by atomic mass is 10.1. The number of rotatable bonds is 1. The first-order chi connectivity index (χ1) is 7.83. The molecule has 0 bridgehead atoms. The number of nitrogen functional groups attached to an aromatic ring is 1. The molecule has 5 heteroatoms. The molecule has 0 unspecified atom stereocenters. The van der Waals surface area contributed by atoms with Crippen molar-refractivity contribution in [3.63, 3.8) is 0 Å². The summed E-state index contributed by atoms with van der Waals surface area (Å²) in [5, 5.41) is 6.74. The third kappa shape index (κ3) is 1.71. The van der Waals surface area contributed by atoms with Crippen molar-refractivity contribution >= 4 is 17.3 Å². The average Bonchev–Trinajstić information content (AvgIpc) is 2.81. The number of hydrogen-bond acceptors (Lipinski definition) is 4. The minimum Gasteiger partial charge on any atom is -0.366 e. The van der Waals surface area contributed by atoms with E-state index in [2.05, 4.69) is 21.2 Å². The lowest BCUT2D eigenvalue weighted by Gasteiger charge is -1.92. The molecule has 0 fully saturated rings. The number of nitrogens with zero attached hydrogens (tertiary/aromatic N) is 2. The summed E-state index contributed by atoms with van der Waals surface area (Å²) >= 11 is 1.83. The zero-order valence-corrected chi connectivity index (χ0v) is 9.81. The summed E-state index contributed by atoms with van der Waals surface area (Å²) in [6.45, 7) is 0. The van der Waals surface area contributed by atoms with Crippen molar-refractivity contribution in [1.82, 2.24) is 15.2 Å². The molecule has 2 aromatic heterocycles. The van der Waals surface area contributed by atoms with Crippen LogP contribution in [0.4, 0.5) is 5.95 Å². The lowest BCUT2D eigenvalue weighted by molar-refractivity contribution is 0.713. The van der Waals surface area contributed by atoms with Crippen molar-refractivity contribution < 1.29 is 0 Å². The molecule has 2 aromatic rings. The molecule has 1 aliphatic rings. The van der Waals surface area contributed by atoms with Crippen molar-refractivity contribution in [2.24, 2.45) is 0 Å². The van der Waals surface area contributed by atoms with Crippen LogP contribution in [0.3, 0.4) is 0 Å². The monoisotopic (exact) mass is 234 g/mol. The summed E-state index contributed by atoms with van der Waals surface area (Å²) in [5.74, 6) is 1.12. The highest BCUT2D eigenvalue weighted by Crippen LogP contribution is 2.33. The maximum absolute atomic E-state index is 5.51. The molecule has 0 amide bonds. The second-order valence-corrected chi connectivity index (χ2v) is 5.30. The number of hydrogen-bond donors (Lipinski definition) is 2. The molecular formula is C11H14N4S. The van der Waals surface area contributed by atoms with Crippen LogP contribution in [-0.2, 0) is 12.8 Å². The smallest absolute Gasteiger partial charge is 0.239 e. The number of thiophene rings is 1. The van der Waals surface area contributed by atoms with Crippen LogP contribution in [0.25, 0.3) is 10.7 Å². The van der Waals surface area contributed by atoms with Crippen molar-refractivity contribution in [1.29, 1.82) is 0 Å². The van der Waals surface area contributed by atoms with E-state index in [1.165, 1.54) is 42.5 Å². The molecule has 0 saturated heterocycles. The Labute approximate surface area is 97.9 Å². The fraction of sp³-hybridized carbons (Fsp3) is 0.455. The first kappa shape index (κ1) is 9.84. The molecule has 4 nitrogen and oxygen atoms in total. The quantitative estimate of drug-likeness (QED) is 0.744. The molecule has 3 rings (SSSR count). The molecule has 2 heterocycles. The van der Waals surface area contributed by atoms with E-state index in [-0.39, 0.29) is 0 Å². The van der Waals surface area contributed by atoms with Gasteiger partial charge in [-0.15, -0.1) is 16.4 Å². The standard InChI is InChI=1S/C11H14N4S/c12-11-13-10(14-15-11)9-6-7-4-2-1-3-5-8(7)16-9/h6H,1-5H2,(H3,12,13,14,15). The Hall–Kier alpha value is -1.36. The third-order valence-electron chi connectivity index (χ3n) is 2.98. The number of nitrogens with one attached hydrogen (secondary N) is 1. The van der Waals surface area contributed by atoms with Gasteiger partial charge in [0, 0.05) is 4.88 Å². The number of aryl methyl sites for hydroxylation is 2. The molecule has 0 atom stereocenters. The Bertz CT molecular complexity index is 476. The second-order valence-electron chi connectivity index (χ2n) is 4.16. The van der Waals surface area contributed by atoms with E-state index >= 15 is 0 Å². The number of fused-ring (bicyclic) bond motifs is 1. The zero-order chi connectivity index (χ0) is 11.0. The number of H-pyrrole nitrogens is 1. The average molecular weight is 234 g/mol. The van der Waals surface area contributed by atoms with Crippen LogP contribution in [0.15, 0.2) is 6.07 Å². The fourth-order valence-electron chi connectivity index (χ4n) is 2.17. The minimum absolute atomic E-state index is 0.318. The zero-order valence-electron chi connectivity index (χ0n) is 8.99. The van der Waals surface area contributed by atoms with Gasteiger partial charge in [0.25, 0.3) is 0 Å². The summed E-state index contributed by atoms with van der Waals surface area (Å²) in [7, 11) is 0. The highest BCUT2D eigenvalue weighted by atomic mass is 32.1. The van der Waals surface area contributed by atoms with Gasteiger partial charge in [-0.05, 0) is 37.3 Å². The Morgan fingerprint density at radius 3 is 2.94 bits per heavy atom. The molecule has 1 aliphatic carbocycles. The van der Waals surface area contributed by atoms with Gasteiger partial charge in [0.1, 0.15) is 0 Å². The molecule has 84 valence electrons. The van der Waals surface area contributed by atoms with E-state index in [1.807, 2.05) is 11.3 Å². The molecule has 3 N–H and O–H groups in total. The van der Waals surface area contributed by atoms with Crippen LogP contribution in [0.5, 0.6) is 0 Å². The number of aromatic nitrogens is 3. The van der Waals surface area contributed by atoms with Crippen molar-refractivity contribution in [2.75, 3.05) is 5.73 Å². The molecule has 16 heavy (non-hydrogen) atoms. The van der Waals surface area contributed by atoms with Crippen LogP contribution >= 0.6 is 11.3 Å². The maximum atomic E-state index is 5.51. The fourth-order valence-corrected chi connectivity index (χ4v) is 3.36. The van der Waals surface area contributed by atoms with Crippen molar-refractivity contribution in [3.8, 4) is 10.7 Å². The van der Waals surface area contributed by atoms with Gasteiger partial charge < -0.3 is 5.73 Å². The van der Waals surface area contributed by atoms with Crippen LogP contribution < -0.4 is 5.73 Å². The highest BCUT2D eigenvalue weighted by molar-refractivity contribution is 7.15. The van der Waals surface area contributed by atoms with Gasteiger partial charge in [-0.2, -0.15) is 4.98 Å². The van der Waals surface area contributed by atoms with Crippen LogP contribution in [0, 0.1) is 0 Å². The van der Waals surface area contributed by atoms with Crippen LogP contribution in [-0.4, -0.2) is 15.2 Å². The van der Waals surface area contributed by atoms with Gasteiger partial charge in [-0.1, -0.05) is 6.42 Å². The Morgan fingerprint density at radius 2 is 2.12 bits per heavy atom. The molecule has 0 saturated carbocycles. The summed E-state index contributed by atoms with van der Waals surface area (Å²) in [6, 6.07) is 2.24. The summed E-state index contributed by atoms with van der Waals surface area (Å²) in [6.07, 6.45) is 6.39. The van der Waals surface area contributed by atoms with E-state index in [0.29, 0.717) is 5.95 Å². The third-order valence-corrected chi connectivity index (χ3v) is 4.23. The van der Waals surface area contributed by atoms with Gasteiger partial charge in [0.05, 0.1) is 4.88 Å². The van der Waals surface area contributed by atoms with E-state index < -0.39 is 0 Å². The number of nitrogens with two attached hydrogens (primary N) is 1. The van der Waals surface area contributed by atoms with Gasteiger partial charge in [-0.3, -0.25) is 5.10 Å². The van der Waals surface area contributed by atoms with E-state index in [0.717, 1.165) is 10.7 Å². The molecule has 0 aromatic carbocycles. The number of anilines is 1. The van der Waals surface area contributed by atoms with Gasteiger partial charge in [0.15, 0.2) is 5.82 Å². The Kier molecular flexibility index (Phi) is 2.40. The van der Waals surface area contributed by atoms with Crippen molar-refractivity contribution in [3.05, 3.63) is 16.5 Å². The first-order valence-corrected chi connectivity index (χ1v) is 6.44. The van der Waals surface area contributed by atoms with Crippen LogP contribution in [0.1, 0.15) is 29.7 Å². The Balaban J connectivity index is 1.98. The van der Waals surface area contributed by atoms with Gasteiger partial charge in [-0.25, -0.2) is 0 Å². The lowest BCUT2D eigenvalue weighted by Crippen LogP contribution is -1.85. The van der Waals surface area contributed by atoms with E-state index in [4.69, 9.17) is 5.73 Å². The Morgan fingerprint density at radius 1 is 1.25 bits per heavy atom. The van der Waals surface area contributed by atoms with Crippen molar-refractivity contribution in [2.45, 2.75) is 32.1 Å². The highest BCUT2D eigenvalue weighted by Gasteiger charge is 2.14. The summed E-state index contributed by atoms with van der Waals surface area (Å²) in [4.78, 5) is 6.85. The molecule has 0 aliphatic heterocycles. The SMILES string of the molecule is Nc1n[nH]c(-c2cc3c(s2)CCCCC3)n1. The van der Waals surface area contributed by atoms with Gasteiger partial charge in [0.2, 0.25) is 5.95 Å². The summed E-state index contributed by atoms with van der Waals surface area (Å²) < 4.78 is 0. The number of aromatic amines is 1. The van der Waals surface area contributed by atoms with E-state index in [9.17, 15) is 0 Å². The van der Waals surface area contributed by atoms with E-state index in [1.54, 1.807) is 0 Å². The maximum Gasteiger partial charge on any atom is 0.239 e. The molecule has 0 radical (unpaired) electrons. The molecular weight excluding hydrogens is 220 g/mol.